The van der Waals surface area contributed by atoms with Crippen molar-refractivity contribution in [3.63, 3.8) is 0 Å². The molecule has 1 heterocycles. The SMILES string of the molecule is O=c1[nH]nc(Cc2ccc(OC(F)(F)F)c(Br)c2)c2ccccc12. The van der Waals surface area contributed by atoms with Gasteiger partial charge in [0, 0.05) is 11.8 Å². The van der Waals surface area contributed by atoms with E-state index >= 15 is 0 Å². The smallest absolute Gasteiger partial charge is 0.405 e. The molecular formula is C16H10BrF3N2O2. The van der Waals surface area contributed by atoms with Gasteiger partial charge in [-0.2, -0.15) is 5.10 Å². The third-order valence-corrected chi connectivity index (χ3v) is 3.99. The number of nitrogens with one attached hydrogen (secondary N) is 1. The predicted octanol–water partition coefficient (Wildman–Crippen LogP) is 4.18. The lowest BCUT2D eigenvalue weighted by atomic mass is 10.0. The Bertz CT molecular complexity index is 954. The lowest BCUT2D eigenvalue weighted by Crippen LogP contribution is -2.17. The van der Waals surface area contributed by atoms with E-state index in [0.29, 0.717) is 22.9 Å². The highest BCUT2D eigenvalue weighted by molar-refractivity contribution is 9.10. The number of aromatic nitrogens is 2. The van der Waals surface area contributed by atoms with E-state index in [0.717, 1.165) is 5.56 Å². The summed E-state index contributed by atoms with van der Waals surface area (Å²) in [5.74, 6) is -0.314. The molecule has 0 unspecified atom stereocenters. The zero-order chi connectivity index (χ0) is 17.3. The average molecular weight is 399 g/mol. The second-order valence-corrected chi connectivity index (χ2v) is 5.89. The first-order chi connectivity index (χ1) is 11.3. The van der Waals surface area contributed by atoms with Crippen LogP contribution in [-0.2, 0) is 6.42 Å². The Morgan fingerprint density at radius 1 is 1.12 bits per heavy atom. The number of H-pyrrole nitrogens is 1. The molecule has 0 atom stereocenters. The maximum atomic E-state index is 12.3. The molecule has 0 aliphatic heterocycles. The molecule has 0 radical (unpaired) electrons. The number of fused-ring (bicyclic) bond motifs is 1. The van der Waals surface area contributed by atoms with Crippen molar-refractivity contribution < 1.29 is 17.9 Å². The highest BCUT2D eigenvalue weighted by Crippen LogP contribution is 2.31. The van der Waals surface area contributed by atoms with Crippen molar-refractivity contribution in [2.24, 2.45) is 0 Å². The minimum atomic E-state index is -4.75. The second-order valence-electron chi connectivity index (χ2n) is 5.03. The summed E-state index contributed by atoms with van der Waals surface area (Å²) in [4.78, 5) is 11.8. The Morgan fingerprint density at radius 2 is 1.83 bits per heavy atom. The van der Waals surface area contributed by atoms with Gasteiger partial charge in [0.05, 0.1) is 15.6 Å². The molecule has 3 rings (SSSR count). The van der Waals surface area contributed by atoms with E-state index in [1.807, 2.05) is 0 Å². The van der Waals surface area contributed by atoms with Crippen molar-refractivity contribution >= 4 is 26.7 Å². The van der Waals surface area contributed by atoms with Crippen LogP contribution in [-0.4, -0.2) is 16.6 Å². The fraction of sp³-hybridized carbons (Fsp3) is 0.125. The van der Waals surface area contributed by atoms with E-state index in [-0.39, 0.29) is 15.8 Å². The van der Waals surface area contributed by atoms with Crippen LogP contribution in [0.4, 0.5) is 13.2 Å². The molecule has 0 aliphatic carbocycles. The van der Waals surface area contributed by atoms with Gasteiger partial charge in [0.2, 0.25) is 0 Å². The summed E-state index contributed by atoms with van der Waals surface area (Å²) < 4.78 is 41.0. The highest BCUT2D eigenvalue weighted by Gasteiger charge is 2.31. The van der Waals surface area contributed by atoms with E-state index < -0.39 is 6.36 Å². The van der Waals surface area contributed by atoms with Crippen molar-refractivity contribution in [1.82, 2.24) is 10.2 Å². The van der Waals surface area contributed by atoms with Crippen LogP contribution in [0.25, 0.3) is 10.8 Å². The molecule has 3 aromatic rings. The van der Waals surface area contributed by atoms with Gasteiger partial charge in [-0.3, -0.25) is 4.79 Å². The minimum absolute atomic E-state index is 0.186. The Hall–Kier alpha value is -2.35. The van der Waals surface area contributed by atoms with Gasteiger partial charge in [0.1, 0.15) is 5.75 Å². The molecule has 0 saturated carbocycles. The van der Waals surface area contributed by atoms with Crippen LogP contribution in [0.3, 0.4) is 0 Å². The number of hydrogen-bond acceptors (Lipinski definition) is 3. The molecule has 1 aromatic heterocycles. The molecule has 0 fully saturated rings. The molecule has 1 N–H and O–H groups in total. The van der Waals surface area contributed by atoms with Crippen LogP contribution in [0.2, 0.25) is 0 Å². The Morgan fingerprint density at radius 3 is 2.50 bits per heavy atom. The summed E-state index contributed by atoms with van der Waals surface area (Å²) >= 11 is 3.07. The fourth-order valence-corrected chi connectivity index (χ4v) is 2.87. The molecule has 0 spiro atoms. The lowest BCUT2D eigenvalue weighted by Gasteiger charge is -2.11. The number of alkyl halides is 3. The van der Waals surface area contributed by atoms with Gasteiger partial charge in [-0.25, -0.2) is 5.10 Å². The van der Waals surface area contributed by atoms with Gasteiger partial charge < -0.3 is 4.74 Å². The van der Waals surface area contributed by atoms with Crippen molar-refractivity contribution in [3.05, 3.63) is 68.5 Å². The second kappa shape index (κ2) is 6.27. The molecular weight excluding hydrogens is 389 g/mol. The number of halogens is 4. The van der Waals surface area contributed by atoms with Gasteiger partial charge in [-0.05, 0) is 39.7 Å². The third-order valence-electron chi connectivity index (χ3n) is 3.37. The van der Waals surface area contributed by atoms with E-state index in [9.17, 15) is 18.0 Å². The van der Waals surface area contributed by atoms with E-state index in [1.54, 1.807) is 24.3 Å². The molecule has 8 heteroatoms. The first-order valence-corrected chi connectivity index (χ1v) is 7.63. The fourth-order valence-electron chi connectivity index (χ4n) is 2.36. The number of benzene rings is 2. The van der Waals surface area contributed by atoms with Gasteiger partial charge >= 0.3 is 6.36 Å². The predicted molar refractivity (Wildman–Crippen MR) is 86.0 cm³/mol. The molecule has 0 bridgehead atoms. The van der Waals surface area contributed by atoms with Crippen molar-refractivity contribution in [2.75, 3.05) is 0 Å². The Kier molecular flexibility index (Phi) is 4.31. The summed E-state index contributed by atoms with van der Waals surface area (Å²) in [7, 11) is 0. The number of ether oxygens (including phenoxy) is 1. The largest absolute Gasteiger partial charge is 0.573 e. The zero-order valence-corrected chi connectivity index (χ0v) is 13.6. The van der Waals surface area contributed by atoms with Gasteiger partial charge in [-0.15, -0.1) is 13.2 Å². The number of rotatable bonds is 3. The molecule has 2 aromatic carbocycles. The van der Waals surface area contributed by atoms with Crippen LogP contribution < -0.4 is 10.3 Å². The quantitative estimate of drug-likeness (QED) is 0.719. The van der Waals surface area contributed by atoms with Crippen LogP contribution in [0, 0.1) is 0 Å². The lowest BCUT2D eigenvalue weighted by molar-refractivity contribution is -0.274. The first kappa shape index (κ1) is 16.5. The minimum Gasteiger partial charge on any atom is -0.405 e. The summed E-state index contributed by atoms with van der Waals surface area (Å²) in [6.07, 6.45) is -4.40. The van der Waals surface area contributed by atoms with Gasteiger partial charge in [0.15, 0.2) is 0 Å². The molecule has 0 amide bonds. The molecule has 4 nitrogen and oxygen atoms in total. The van der Waals surface area contributed by atoms with Gasteiger partial charge in [0.25, 0.3) is 5.56 Å². The standard InChI is InChI=1S/C16H10BrF3N2O2/c17-12-7-9(5-6-14(12)24-16(18,19)20)8-13-10-3-1-2-4-11(10)15(23)22-21-13/h1-7H,8H2,(H,22,23). The highest BCUT2D eigenvalue weighted by atomic mass is 79.9. The maximum absolute atomic E-state index is 12.3. The molecule has 0 aliphatic rings. The van der Waals surface area contributed by atoms with Crippen LogP contribution in [0.1, 0.15) is 11.3 Å². The monoisotopic (exact) mass is 398 g/mol. The van der Waals surface area contributed by atoms with E-state index in [2.05, 4.69) is 30.9 Å². The summed E-state index contributed by atoms with van der Waals surface area (Å²) in [5, 5.41) is 7.69. The topological polar surface area (TPSA) is 55.0 Å². The van der Waals surface area contributed by atoms with Crippen LogP contribution >= 0.6 is 15.9 Å². The Labute approximate surface area is 142 Å². The van der Waals surface area contributed by atoms with Crippen molar-refractivity contribution in [2.45, 2.75) is 12.8 Å². The van der Waals surface area contributed by atoms with Crippen molar-refractivity contribution in [1.29, 1.82) is 0 Å². The van der Waals surface area contributed by atoms with Crippen LogP contribution in [0.15, 0.2) is 51.7 Å². The normalized spacial score (nSPS) is 11.7. The van der Waals surface area contributed by atoms with Crippen molar-refractivity contribution in [3.8, 4) is 5.75 Å². The van der Waals surface area contributed by atoms with E-state index in [4.69, 9.17) is 0 Å². The molecule has 124 valence electrons. The summed E-state index contributed by atoms with van der Waals surface area (Å²) in [6.45, 7) is 0. The van der Waals surface area contributed by atoms with Gasteiger partial charge in [-0.1, -0.05) is 24.3 Å². The molecule has 24 heavy (non-hydrogen) atoms. The third kappa shape index (κ3) is 3.59. The van der Waals surface area contributed by atoms with E-state index in [1.165, 1.54) is 18.2 Å². The summed E-state index contributed by atoms with van der Waals surface area (Å²) in [5.41, 5.74) is 1.06. The number of nitrogens with zero attached hydrogens (tertiary/aromatic N) is 1. The molecule has 0 saturated heterocycles. The average Bonchev–Trinajstić information content (AvgIpc) is 2.52. The zero-order valence-electron chi connectivity index (χ0n) is 12.0. The number of aromatic amines is 1. The summed E-state index contributed by atoms with van der Waals surface area (Å²) in [6, 6.07) is 11.3. The Balaban J connectivity index is 1.94. The van der Waals surface area contributed by atoms with Crippen LogP contribution in [0.5, 0.6) is 5.75 Å². The first-order valence-electron chi connectivity index (χ1n) is 6.84. The maximum Gasteiger partial charge on any atom is 0.573 e. The number of hydrogen-bond donors (Lipinski definition) is 1.